The highest BCUT2D eigenvalue weighted by molar-refractivity contribution is 9.10. The van der Waals surface area contributed by atoms with Gasteiger partial charge in [0.2, 0.25) is 0 Å². The molecule has 1 amide bonds. The molecule has 0 spiro atoms. The smallest absolute Gasteiger partial charge is 0.271 e. The predicted octanol–water partition coefficient (Wildman–Crippen LogP) is 4.41. The molecule has 0 atom stereocenters. The number of ether oxygens (including phenoxy) is 1. The summed E-state index contributed by atoms with van der Waals surface area (Å²) in [5.74, 6) is -0.689. The Balaban J connectivity index is 2.08. The molecule has 0 aromatic heterocycles. The van der Waals surface area contributed by atoms with E-state index in [1.165, 1.54) is 0 Å². The summed E-state index contributed by atoms with van der Waals surface area (Å²) in [6.07, 6.45) is -0.0254. The van der Waals surface area contributed by atoms with Crippen molar-refractivity contribution in [2.75, 3.05) is 5.32 Å². The van der Waals surface area contributed by atoms with Gasteiger partial charge in [0, 0.05) is 17.7 Å². The molecule has 0 saturated heterocycles. The first-order valence-corrected chi connectivity index (χ1v) is 8.90. The van der Waals surface area contributed by atoms with Crippen LogP contribution in [-0.2, 0) is 0 Å². The van der Waals surface area contributed by atoms with Gasteiger partial charge in [-0.2, -0.15) is 0 Å². The molecule has 0 fully saturated rings. The largest absolute Gasteiger partial charge is 0.490 e. The van der Waals surface area contributed by atoms with E-state index >= 15 is 0 Å². The van der Waals surface area contributed by atoms with Crippen LogP contribution in [0.1, 0.15) is 24.2 Å². The summed E-state index contributed by atoms with van der Waals surface area (Å²) in [7, 11) is 0. The summed E-state index contributed by atoms with van der Waals surface area (Å²) < 4.78 is 19.9. The molecule has 2 rings (SSSR count). The van der Waals surface area contributed by atoms with Crippen LogP contribution in [0.15, 0.2) is 40.9 Å². The molecule has 2 aromatic carbocycles. The van der Waals surface area contributed by atoms with Gasteiger partial charge in [0.1, 0.15) is 11.6 Å². The number of benzene rings is 2. The molecule has 2 aromatic rings. The predicted molar refractivity (Wildman–Crippen MR) is 107 cm³/mol. The number of hydrogen-bond donors (Lipinski definition) is 2. The van der Waals surface area contributed by atoms with Gasteiger partial charge in [-0.05, 0) is 66.3 Å². The maximum Gasteiger partial charge on any atom is 0.271 e. The minimum atomic E-state index is -0.741. The van der Waals surface area contributed by atoms with Crippen molar-refractivity contribution < 1.29 is 18.8 Å². The Hall–Kier alpha value is -2.59. The molecule has 2 N–H and O–H groups in total. The van der Waals surface area contributed by atoms with E-state index in [0.29, 0.717) is 15.8 Å². The summed E-state index contributed by atoms with van der Waals surface area (Å²) in [6.45, 7) is 3.76. The second-order valence-corrected chi connectivity index (χ2v) is 6.90. The second-order valence-electron chi connectivity index (χ2n) is 5.64. The number of carbonyl (C=O) groups excluding carboxylic acids is 1. The summed E-state index contributed by atoms with van der Waals surface area (Å²) in [6, 6.07) is 7.70. The molecule has 0 aliphatic rings. The van der Waals surface area contributed by atoms with Crippen LogP contribution < -0.4 is 15.4 Å². The van der Waals surface area contributed by atoms with Gasteiger partial charge in [0.05, 0.1) is 21.2 Å². The third kappa shape index (κ3) is 5.69. The normalized spacial score (nSPS) is 10.4. The van der Waals surface area contributed by atoms with Gasteiger partial charge < -0.3 is 10.1 Å². The molecule has 0 radical (unpaired) electrons. The Bertz CT molecular complexity index is 908. The second kappa shape index (κ2) is 8.87. The first-order valence-electron chi connectivity index (χ1n) is 7.70. The number of thiocarbonyl (C=S) groups is 1. The fourth-order valence-corrected chi connectivity index (χ4v) is 2.72. The highest BCUT2D eigenvalue weighted by Gasteiger charge is 2.15. The maximum atomic E-state index is 13.8. The van der Waals surface area contributed by atoms with E-state index in [-0.39, 0.29) is 22.6 Å². The number of nitrogens with one attached hydrogen (secondary N) is 2. The standard InChI is InChI=1S/C17H15BrFN3O4S/c1-9(2)26-15-6-3-10(7-12(15)18)16(23)21-17(27)20-14-8-11(22(24)25)4-5-13(14)19/h3-9H,1-2H3,(H2,20,21,23,27). The van der Waals surface area contributed by atoms with Crippen molar-refractivity contribution in [2.45, 2.75) is 20.0 Å². The number of halogens is 2. The molecule has 0 bridgehead atoms. The van der Waals surface area contributed by atoms with Crippen molar-refractivity contribution in [3.05, 3.63) is 62.4 Å². The number of rotatable bonds is 5. The fraction of sp³-hybridized carbons (Fsp3) is 0.176. The highest BCUT2D eigenvalue weighted by Crippen LogP contribution is 2.27. The first-order chi connectivity index (χ1) is 12.7. The number of nitrogens with zero attached hydrogens (tertiary/aromatic N) is 1. The van der Waals surface area contributed by atoms with Gasteiger partial charge in [-0.25, -0.2) is 4.39 Å². The minimum absolute atomic E-state index is 0.0254. The first kappa shape index (κ1) is 20.7. The molecular weight excluding hydrogens is 441 g/mol. The van der Waals surface area contributed by atoms with E-state index in [0.717, 1.165) is 18.2 Å². The molecule has 10 heteroatoms. The van der Waals surface area contributed by atoms with E-state index in [1.54, 1.807) is 18.2 Å². The molecule has 7 nitrogen and oxygen atoms in total. The van der Waals surface area contributed by atoms with Crippen LogP contribution in [-0.4, -0.2) is 22.0 Å². The third-order valence-corrected chi connectivity index (χ3v) is 4.02. The van der Waals surface area contributed by atoms with Crippen molar-refractivity contribution in [1.82, 2.24) is 5.32 Å². The molecule has 0 unspecified atom stereocenters. The summed E-state index contributed by atoms with van der Waals surface area (Å²) in [5.41, 5.74) is -0.226. The van der Waals surface area contributed by atoms with Gasteiger partial charge in [0.15, 0.2) is 5.11 Å². The molecule has 0 aliphatic heterocycles. The Morgan fingerprint density at radius 1 is 1.30 bits per heavy atom. The minimum Gasteiger partial charge on any atom is -0.490 e. The van der Waals surface area contributed by atoms with E-state index < -0.39 is 16.6 Å². The summed E-state index contributed by atoms with van der Waals surface area (Å²) >= 11 is 8.31. The van der Waals surface area contributed by atoms with Crippen LogP contribution >= 0.6 is 28.1 Å². The zero-order valence-electron chi connectivity index (χ0n) is 14.3. The van der Waals surface area contributed by atoms with Gasteiger partial charge in [-0.3, -0.25) is 20.2 Å². The molecule has 142 valence electrons. The SMILES string of the molecule is CC(C)Oc1ccc(C(=O)NC(=S)Nc2cc([N+](=O)[O-])ccc2F)cc1Br. The van der Waals surface area contributed by atoms with Gasteiger partial charge >= 0.3 is 0 Å². The van der Waals surface area contributed by atoms with Crippen LogP contribution in [0.3, 0.4) is 0 Å². The van der Waals surface area contributed by atoms with Crippen molar-refractivity contribution in [3.63, 3.8) is 0 Å². The van der Waals surface area contributed by atoms with Gasteiger partial charge in [0.25, 0.3) is 11.6 Å². The Labute approximate surface area is 168 Å². The zero-order chi connectivity index (χ0) is 20.1. The summed E-state index contributed by atoms with van der Waals surface area (Å²) in [5, 5.41) is 15.4. The lowest BCUT2D eigenvalue weighted by molar-refractivity contribution is -0.384. The van der Waals surface area contributed by atoms with Crippen LogP contribution in [0.25, 0.3) is 0 Å². The van der Waals surface area contributed by atoms with Crippen LogP contribution in [0.5, 0.6) is 5.75 Å². The van der Waals surface area contributed by atoms with Crippen LogP contribution in [0.4, 0.5) is 15.8 Å². The Kier molecular flexibility index (Phi) is 6.81. The van der Waals surface area contributed by atoms with Crippen molar-refractivity contribution in [2.24, 2.45) is 0 Å². The number of carbonyl (C=O) groups is 1. The number of hydrogen-bond acceptors (Lipinski definition) is 5. The number of amides is 1. The van der Waals surface area contributed by atoms with E-state index in [2.05, 4.69) is 26.6 Å². The van der Waals surface area contributed by atoms with Crippen molar-refractivity contribution in [3.8, 4) is 5.75 Å². The van der Waals surface area contributed by atoms with Crippen LogP contribution in [0.2, 0.25) is 0 Å². The van der Waals surface area contributed by atoms with Crippen molar-refractivity contribution >= 4 is 50.5 Å². The zero-order valence-corrected chi connectivity index (χ0v) is 16.7. The van der Waals surface area contributed by atoms with E-state index in [4.69, 9.17) is 17.0 Å². The number of nitro benzene ring substituents is 1. The maximum absolute atomic E-state index is 13.8. The lowest BCUT2D eigenvalue weighted by Crippen LogP contribution is -2.34. The van der Waals surface area contributed by atoms with Gasteiger partial charge in [-0.15, -0.1) is 0 Å². The average molecular weight is 456 g/mol. The number of anilines is 1. The molecule has 27 heavy (non-hydrogen) atoms. The van der Waals surface area contributed by atoms with E-state index in [1.807, 2.05) is 13.8 Å². The molecule has 0 aliphatic carbocycles. The average Bonchev–Trinajstić information content (AvgIpc) is 2.57. The third-order valence-electron chi connectivity index (χ3n) is 3.19. The highest BCUT2D eigenvalue weighted by atomic mass is 79.9. The molecule has 0 heterocycles. The lowest BCUT2D eigenvalue weighted by Gasteiger charge is -2.13. The number of non-ortho nitro benzene ring substituents is 1. The lowest BCUT2D eigenvalue weighted by atomic mass is 10.2. The number of nitro groups is 1. The fourth-order valence-electron chi connectivity index (χ4n) is 2.04. The topological polar surface area (TPSA) is 93.5 Å². The Morgan fingerprint density at radius 2 is 2.00 bits per heavy atom. The van der Waals surface area contributed by atoms with E-state index in [9.17, 15) is 19.3 Å². The van der Waals surface area contributed by atoms with Gasteiger partial charge in [-0.1, -0.05) is 0 Å². The van der Waals surface area contributed by atoms with Crippen LogP contribution in [0, 0.1) is 15.9 Å². The Morgan fingerprint density at radius 3 is 2.59 bits per heavy atom. The summed E-state index contributed by atoms with van der Waals surface area (Å²) in [4.78, 5) is 22.4. The monoisotopic (exact) mass is 455 g/mol. The quantitative estimate of drug-likeness (QED) is 0.393. The molecule has 0 saturated carbocycles. The van der Waals surface area contributed by atoms with Crippen molar-refractivity contribution in [1.29, 1.82) is 0 Å². The molecular formula is C17H15BrFN3O4S.